The van der Waals surface area contributed by atoms with Gasteiger partial charge in [-0.05, 0) is 17.7 Å². The van der Waals surface area contributed by atoms with Crippen LogP contribution in [0.4, 0.5) is 4.39 Å². The van der Waals surface area contributed by atoms with Gasteiger partial charge in [0.1, 0.15) is 11.6 Å². The Bertz CT molecular complexity index is 816. The van der Waals surface area contributed by atoms with Crippen LogP contribution in [-0.4, -0.2) is 53.3 Å². The minimum Gasteiger partial charge on any atom is -0.501 e. The lowest BCUT2D eigenvalue weighted by Crippen LogP contribution is -2.32. The molecule has 0 saturated carbocycles. The van der Waals surface area contributed by atoms with Crippen LogP contribution in [0, 0.1) is 5.82 Å². The highest BCUT2D eigenvalue weighted by Gasteiger charge is 2.22. The van der Waals surface area contributed by atoms with E-state index >= 15 is 0 Å². The summed E-state index contributed by atoms with van der Waals surface area (Å²) in [7, 11) is 4.49. The van der Waals surface area contributed by atoms with E-state index < -0.39 is 17.2 Å². The van der Waals surface area contributed by atoms with Crippen molar-refractivity contribution in [1.82, 2.24) is 14.5 Å². The summed E-state index contributed by atoms with van der Waals surface area (Å²) in [5.41, 5.74) is -0.302. The van der Waals surface area contributed by atoms with Crippen molar-refractivity contribution in [3.05, 3.63) is 57.5 Å². The van der Waals surface area contributed by atoms with Crippen molar-refractivity contribution in [2.75, 3.05) is 27.8 Å². The number of hydrogen-bond donors (Lipinski definition) is 1. The summed E-state index contributed by atoms with van der Waals surface area (Å²) in [4.78, 5) is 30.1. The molecule has 0 aliphatic heterocycles. The summed E-state index contributed by atoms with van der Waals surface area (Å²) in [6.45, 7) is 0.404. The molecule has 1 N–H and O–H groups in total. The number of carbonyl (C=O) groups excluding carboxylic acids is 1. The van der Waals surface area contributed by atoms with Crippen LogP contribution in [0.25, 0.3) is 0 Å². The Balaban J connectivity index is 2.54. The molecule has 0 saturated heterocycles. The molecule has 1 amide bonds. The average Bonchev–Trinajstić information content (AvgIpc) is 2.59. The van der Waals surface area contributed by atoms with Crippen LogP contribution in [-0.2, 0) is 17.7 Å². The molecule has 0 radical (unpaired) electrons. The highest BCUT2D eigenvalue weighted by Crippen LogP contribution is 2.15. The maximum atomic E-state index is 13.1. The van der Waals surface area contributed by atoms with E-state index in [0.717, 1.165) is 0 Å². The number of benzene rings is 1. The third-order valence-electron chi connectivity index (χ3n) is 3.63. The van der Waals surface area contributed by atoms with Crippen molar-refractivity contribution < 1.29 is 19.0 Å². The Morgan fingerprint density at radius 3 is 2.52 bits per heavy atom. The Morgan fingerprint density at radius 2 is 1.96 bits per heavy atom. The molecule has 0 fully saturated rings. The number of aromatic hydroxyl groups is 1. The minimum atomic E-state index is -0.714. The van der Waals surface area contributed by atoms with E-state index in [0.29, 0.717) is 5.56 Å². The lowest BCUT2D eigenvalue weighted by molar-refractivity contribution is 0.0817. The molecule has 25 heavy (non-hydrogen) atoms. The van der Waals surface area contributed by atoms with Gasteiger partial charge in [-0.1, -0.05) is 12.1 Å². The van der Waals surface area contributed by atoms with Gasteiger partial charge in [-0.15, -0.1) is 0 Å². The highest BCUT2D eigenvalue weighted by molar-refractivity contribution is 5.94. The summed E-state index contributed by atoms with van der Waals surface area (Å²) in [6.07, 6.45) is 0.202. The van der Waals surface area contributed by atoms with E-state index in [1.165, 1.54) is 42.8 Å². The first-order valence-electron chi connectivity index (χ1n) is 7.62. The van der Waals surface area contributed by atoms with Crippen molar-refractivity contribution in [3.8, 4) is 5.75 Å². The fourth-order valence-corrected chi connectivity index (χ4v) is 2.28. The zero-order valence-electron chi connectivity index (χ0n) is 14.3. The smallest absolute Gasteiger partial charge is 0.296 e. The zero-order valence-corrected chi connectivity index (χ0v) is 14.3. The molecule has 0 atom stereocenters. The lowest BCUT2D eigenvalue weighted by Gasteiger charge is -2.16. The van der Waals surface area contributed by atoms with Gasteiger partial charge in [-0.3, -0.25) is 14.2 Å². The molecular weight excluding hydrogens is 329 g/mol. The van der Waals surface area contributed by atoms with E-state index in [1.54, 1.807) is 12.1 Å². The third kappa shape index (κ3) is 4.21. The molecule has 8 heteroatoms. The molecule has 0 unspecified atom stereocenters. The van der Waals surface area contributed by atoms with Crippen LogP contribution in [0.1, 0.15) is 21.9 Å². The van der Waals surface area contributed by atoms with Gasteiger partial charge in [-0.25, -0.2) is 9.37 Å². The second-order valence-electron chi connectivity index (χ2n) is 5.68. The molecule has 7 nitrogen and oxygen atoms in total. The first-order valence-corrected chi connectivity index (χ1v) is 7.62. The lowest BCUT2D eigenvalue weighted by atomic mass is 10.1. The molecular formula is C17H20FN3O4. The Morgan fingerprint density at radius 1 is 1.32 bits per heavy atom. The van der Waals surface area contributed by atoms with Crippen molar-refractivity contribution in [2.45, 2.75) is 13.0 Å². The zero-order chi connectivity index (χ0) is 18.6. The van der Waals surface area contributed by atoms with E-state index in [2.05, 4.69) is 4.98 Å². The molecule has 1 heterocycles. The largest absolute Gasteiger partial charge is 0.501 e. The first-order chi connectivity index (χ1) is 11.8. The summed E-state index contributed by atoms with van der Waals surface area (Å²) >= 11 is 0. The molecule has 2 aromatic rings. The second kappa shape index (κ2) is 7.89. The van der Waals surface area contributed by atoms with Gasteiger partial charge < -0.3 is 14.7 Å². The maximum Gasteiger partial charge on any atom is 0.296 e. The van der Waals surface area contributed by atoms with E-state index in [-0.39, 0.29) is 36.9 Å². The number of methoxy groups -OCH3 is 1. The molecule has 134 valence electrons. The molecule has 0 bridgehead atoms. The number of nitrogens with zero attached hydrogens (tertiary/aromatic N) is 3. The molecule has 2 rings (SSSR count). The molecule has 1 aromatic carbocycles. The van der Waals surface area contributed by atoms with E-state index in [4.69, 9.17) is 4.74 Å². The fraction of sp³-hybridized carbons (Fsp3) is 0.353. The van der Waals surface area contributed by atoms with Crippen LogP contribution >= 0.6 is 0 Å². The highest BCUT2D eigenvalue weighted by atomic mass is 19.1. The van der Waals surface area contributed by atoms with Crippen LogP contribution in [0.5, 0.6) is 5.75 Å². The van der Waals surface area contributed by atoms with Gasteiger partial charge in [0.2, 0.25) is 5.75 Å². The Kier molecular flexibility index (Phi) is 5.87. The van der Waals surface area contributed by atoms with Gasteiger partial charge in [-0.2, -0.15) is 0 Å². The predicted octanol–water partition coefficient (Wildman–Crippen LogP) is 1.03. The standard InChI is InChI=1S/C17H20FN3O4/c1-20(2)16(23)14-15(22)17(24)21(8-9-25-3)13(19-14)10-11-4-6-12(18)7-5-11/h4-7,22H,8-10H2,1-3H3. The van der Waals surface area contributed by atoms with Crippen LogP contribution in [0.15, 0.2) is 29.1 Å². The van der Waals surface area contributed by atoms with Crippen molar-refractivity contribution in [3.63, 3.8) is 0 Å². The van der Waals surface area contributed by atoms with Gasteiger partial charge >= 0.3 is 0 Å². The summed E-state index contributed by atoms with van der Waals surface area (Å²) in [6, 6.07) is 5.75. The summed E-state index contributed by atoms with van der Waals surface area (Å²) in [5.74, 6) is -1.36. The Labute approximate surface area is 144 Å². The van der Waals surface area contributed by atoms with Crippen LogP contribution in [0.2, 0.25) is 0 Å². The normalized spacial score (nSPS) is 10.7. The van der Waals surface area contributed by atoms with Crippen LogP contribution in [0.3, 0.4) is 0 Å². The number of amides is 1. The molecule has 0 spiro atoms. The maximum absolute atomic E-state index is 13.1. The topological polar surface area (TPSA) is 84.7 Å². The number of halogens is 1. The van der Waals surface area contributed by atoms with Gasteiger partial charge in [0.05, 0.1) is 13.2 Å². The summed E-state index contributed by atoms with van der Waals surface area (Å²) < 4.78 is 19.3. The van der Waals surface area contributed by atoms with Gasteiger partial charge in [0, 0.05) is 27.6 Å². The van der Waals surface area contributed by atoms with E-state index in [9.17, 15) is 19.1 Å². The number of ether oxygens (including phenoxy) is 1. The second-order valence-corrected chi connectivity index (χ2v) is 5.68. The SMILES string of the molecule is COCCn1c(Cc2ccc(F)cc2)nc(C(=O)N(C)C)c(O)c1=O. The monoisotopic (exact) mass is 349 g/mol. The van der Waals surface area contributed by atoms with E-state index in [1.807, 2.05) is 0 Å². The number of rotatable bonds is 6. The van der Waals surface area contributed by atoms with Gasteiger partial charge in [0.25, 0.3) is 11.5 Å². The molecule has 1 aromatic heterocycles. The predicted molar refractivity (Wildman–Crippen MR) is 89.3 cm³/mol. The van der Waals surface area contributed by atoms with Crippen molar-refractivity contribution in [2.24, 2.45) is 0 Å². The number of hydrogen-bond acceptors (Lipinski definition) is 5. The number of carbonyl (C=O) groups is 1. The van der Waals surface area contributed by atoms with Crippen LogP contribution < -0.4 is 5.56 Å². The quantitative estimate of drug-likeness (QED) is 0.842. The summed E-state index contributed by atoms with van der Waals surface area (Å²) in [5, 5.41) is 10.1. The Hall–Kier alpha value is -2.74. The number of aromatic nitrogens is 2. The first kappa shape index (κ1) is 18.6. The van der Waals surface area contributed by atoms with Crippen molar-refractivity contribution in [1.29, 1.82) is 0 Å². The minimum absolute atomic E-state index is 0.170. The third-order valence-corrected chi connectivity index (χ3v) is 3.63. The van der Waals surface area contributed by atoms with Crippen molar-refractivity contribution >= 4 is 5.91 Å². The molecule has 0 aliphatic rings. The van der Waals surface area contributed by atoms with Gasteiger partial charge in [0.15, 0.2) is 5.69 Å². The fourth-order valence-electron chi connectivity index (χ4n) is 2.28. The average molecular weight is 349 g/mol. The molecule has 0 aliphatic carbocycles.